The smallest absolute Gasteiger partial charge is 0.122 e. The van der Waals surface area contributed by atoms with Crippen molar-refractivity contribution in [3.05, 3.63) is 41.6 Å². The normalized spacial score (nSPS) is 23.9. The molecule has 21 heavy (non-hydrogen) atoms. The van der Waals surface area contributed by atoms with Gasteiger partial charge in [-0.25, -0.2) is 4.99 Å². The Labute approximate surface area is 131 Å². The molecule has 6 heteroatoms. The molecule has 2 aliphatic rings. The standard InChI is InChI=1S/C15H14BrN5/c1-8(2)15(16)21-11-9(3)10-12(18-5-4-17-10)14-13(11)19-6-7-20-14/h4-7,13-14H,1H2,2-3H3/b21-15+/t13?,14-/m0/s1. The van der Waals surface area contributed by atoms with E-state index in [4.69, 9.17) is 0 Å². The average molecular weight is 344 g/mol. The van der Waals surface area contributed by atoms with Gasteiger partial charge in [0.2, 0.25) is 0 Å². The summed E-state index contributed by atoms with van der Waals surface area (Å²) in [5.41, 5.74) is 4.40. The van der Waals surface area contributed by atoms with Gasteiger partial charge in [0.15, 0.2) is 0 Å². The molecule has 0 aromatic carbocycles. The number of rotatable bonds is 2. The van der Waals surface area contributed by atoms with Crippen LogP contribution < -0.4 is 0 Å². The van der Waals surface area contributed by atoms with Crippen molar-refractivity contribution < 1.29 is 0 Å². The molecule has 3 rings (SSSR count). The van der Waals surface area contributed by atoms with Gasteiger partial charge in [0.1, 0.15) is 16.7 Å². The van der Waals surface area contributed by atoms with E-state index in [0.717, 1.165) is 28.2 Å². The molecule has 2 atom stereocenters. The van der Waals surface area contributed by atoms with Gasteiger partial charge >= 0.3 is 0 Å². The second-order valence-electron chi connectivity index (χ2n) is 4.97. The van der Waals surface area contributed by atoms with E-state index in [0.29, 0.717) is 4.62 Å². The summed E-state index contributed by atoms with van der Waals surface area (Å²) < 4.78 is 0.715. The highest BCUT2D eigenvalue weighted by Crippen LogP contribution is 2.40. The van der Waals surface area contributed by atoms with Crippen LogP contribution in [-0.4, -0.2) is 33.1 Å². The van der Waals surface area contributed by atoms with Gasteiger partial charge in [0, 0.05) is 30.4 Å². The molecule has 0 radical (unpaired) electrons. The average Bonchev–Trinajstić information content (AvgIpc) is 2.51. The van der Waals surface area contributed by atoms with Crippen molar-refractivity contribution in [2.45, 2.75) is 25.9 Å². The minimum atomic E-state index is -0.161. The summed E-state index contributed by atoms with van der Waals surface area (Å²) in [6.45, 7) is 7.80. The van der Waals surface area contributed by atoms with Crippen LogP contribution in [0.5, 0.6) is 0 Å². The number of halogens is 1. The van der Waals surface area contributed by atoms with E-state index in [-0.39, 0.29) is 12.1 Å². The SMILES string of the molecule is C=C(C)/C(Br)=N\C1=C(C)c2nccnc2[C@@H]2N=CC=NC12. The predicted molar refractivity (Wildman–Crippen MR) is 89.3 cm³/mol. The third kappa shape index (κ3) is 2.40. The molecule has 2 heterocycles. The van der Waals surface area contributed by atoms with Crippen molar-refractivity contribution in [2.75, 3.05) is 0 Å². The van der Waals surface area contributed by atoms with Crippen LogP contribution in [0.15, 0.2) is 45.2 Å². The molecular formula is C15H14BrN5. The minimum Gasteiger partial charge on any atom is -0.279 e. The molecule has 106 valence electrons. The Morgan fingerprint density at radius 1 is 1.19 bits per heavy atom. The van der Waals surface area contributed by atoms with Crippen molar-refractivity contribution in [3.63, 3.8) is 0 Å². The van der Waals surface area contributed by atoms with Crippen molar-refractivity contribution in [1.29, 1.82) is 0 Å². The molecule has 0 amide bonds. The summed E-state index contributed by atoms with van der Waals surface area (Å²) in [6.07, 6.45) is 6.79. The van der Waals surface area contributed by atoms with E-state index in [9.17, 15) is 0 Å². The molecule has 1 aromatic heterocycles. The van der Waals surface area contributed by atoms with Crippen LogP contribution in [0.4, 0.5) is 0 Å². The predicted octanol–water partition coefficient (Wildman–Crippen LogP) is 3.16. The molecule has 0 saturated carbocycles. The van der Waals surface area contributed by atoms with Crippen LogP contribution in [0.3, 0.4) is 0 Å². The first-order valence-electron chi connectivity index (χ1n) is 6.56. The van der Waals surface area contributed by atoms with E-state index in [1.807, 2.05) is 13.8 Å². The molecule has 5 nitrogen and oxygen atoms in total. The fourth-order valence-electron chi connectivity index (χ4n) is 2.41. The fraction of sp³-hybridized carbons (Fsp3) is 0.267. The monoisotopic (exact) mass is 343 g/mol. The lowest BCUT2D eigenvalue weighted by molar-refractivity contribution is 0.580. The van der Waals surface area contributed by atoms with E-state index in [1.54, 1.807) is 24.8 Å². The Hall–Kier alpha value is -1.95. The molecule has 0 spiro atoms. The molecule has 1 aliphatic carbocycles. The zero-order valence-electron chi connectivity index (χ0n) is 11.8. The Balaban J connectivity index is 2.21. The highest BCUT2D eigenvalue weighted by atomic mass is 79.9. The molecule has 0 saturated heterocycles. The topological polar surface area (TPSA) is 62.9 Å². The number of nitrogens with zero attached hydrogens (tertiary/aromatic N) is 5. The second kappa shape index (κ2) is 5.44. The molecule has 1 unspecified atom stereocenters. The number of hydrogen-bond acceptors (Lipinski definition) is 5. The summed E-state index contributed by atoms with van der Waals surface area (Å²) in [7, 11) is 0. The Morgan fingerprint density at radius 2 is 1.86 bits per heavy atom. The van der Waals surface area contributed by atoms with Gasteiger partial charge in [0.05, 0.1) is 17.1 Å². The largest absolute Gasteiger partial charge is 0.279 e. The molecule has 0 bridgehead atoms. The summed E-state index contributed by atoms with van der Waals surface area (Å²) in [5.74, 6) is 0. The van der Waals surface area contributed by atoms with Crippen LogP contribution in [-0.2, 0) is 0 Å². The van der Waals surface area contributed by atoms with Crippen LogP contribution in [0.2, 0.25) is 0 Å². The van der Waals surface area contributed by atoms with Gasteiger partial charge in [-0.2, -0.15) is 0 Å². The number of hydrogen-bond donors (Lipinski definition) is 0. The maximum absolute atomic E-state index is 4.66. The van der Waals surface area contributed by atoms with E-state index >= 15 is 0 Å². The second-order valence-corrected chi connectivity index (χ2v) is 5.72. The summed E-state index contributed by atoms with van der Waals surface area (Å²) in [5, 5.41) is 0. The molecule has 0 N–H and O–H groups in total. The summed E-state index contributed by atoms with van der Waals surface area (Å²) >= 11 is 3.45. The maximum Gasteiger partial charge on any atom is 0.122 e. The Bertz CT molecular complexity index is 729. The molecular weight excluding hydrogens is 330 g/mol. The number of fused-ring (bicyclic) bond motifs is 3. The van der Waals surface area contributed by atoms with Crippen LogP contribution in [0, 0.1) is 0 Å². The number of aliphatic imine (C=N–C) groups is 3. The maximum atomic E-state index is 4.66. The highest BCUT2D eigenvalue weighted by molar-refractivity contribution is 9.18. The van der Waals surface area contributed by atoms with Gasteiger partial charge < -0.3 is 0 Å². The first-order valence-corrected chi connectivity index (χ1v) is 7.36. The summed E-state index contributed by atoms with van der Waals surface area (Å²) in [4.78, 5) is 22.6. The van der Waals surface area contributed by atoms with E-state index in [1.165, 1.54) is 0 Å². The van der Waals surface area contributed by atoms with Crippen molar-refractivity contribution in [3.8, 4) is 0 Å². The molecule has 1 aromatic rings. The third-order valence-electron chi connectivity index (χ3n) is 3.46. The van der Waals surface area contributed by atoms with Crippen LogP contribution in [0.25, 0.3) is 5.57 Å². The van der Waals surface area contributed by atoms with Crippen molar-refractivity contribution in [1.82, 2.24) is 9.97 Å². The summed E-state index contributed by atoms with van der Waals surface area (Å²) in [6, 6.07) is -0.322. The van der Waals surface area contributed by atoms with Gasteiger partial charge in [-0.1, -0.05) is 6.58 Å². The van der Waals surface area contributed by atoms with Crippen molar-refractivity contribution in [2.24, 2.45) is 15.0 Å². The van der Waals surface area contributed by atoms with Gasteiger partial charge in [0.25, 0.3) is 0 Å². The first-order chi connectivity index (χ1) is 10.1. The molecule has 0 fully saturated rings. The Morgan fingerprint density at radius 3 is 2.57 bits per heavy atom. The lowest BCUT2D eigenvalue weighted by atomic mass is 9.89. The van der Waals surface area contributed by atoms with Gasteiger partial charge in [-0.05, 0) is 35.4 Å². The van der Waals surface area contributed by atoms with E-state index < -0.39 is 0 Å². The highest BCUT2D eigenvalue weighted by Gasteiger charge is 2.36. The number of allylic oxidation sites excluding steroid dienone is 2. The lowest BCUT2D eigenvalue weighted by Gasteiger charge is -2.29. The van der Waals surface area contributed by atoms with Crippen LogP contribution >= 0.6 is 15.9 Å². The zero-order valence-corrected chi connectivity index (χ0v) is 13.4. The van der Waals surface area contributed by atoms with Gasteiger partial charge in [-0.3, -0.25) is 20.0 Å². The third-order valence-corrected chi connectivity index (χ3v) is 4.31. The first kappa shape index (κ1) is 14.0. The Kier molecular flexibility index (Phi) is 3.63. The van der Waals surface area contributed by atoms with Gasteiger partial charge in [-0.15, -0.1) is 0 Å². The van der Waals surface area contributed by atoms with Crippen molar-refractivity contribution >= 4 is 38.6 Å². The number of aromatic nitrogens is 2. The lowest BCUT2D eigenvalue weighted by Crippen LogP contribution is -2.27. The molecule has 1 aliphatic heterocycles. The minimum absolute atomic E-state index is 0.161. The van der Waals surface area contributed by atoms with E-state index in [2.05, 4.69) is 47.5 Å². The quantitative estimate of drug-likeness (QED) is 0.774. The zero-order chi connectivity index (χ0) is 15.0. The van der Waals surface area contributed by atoms with Crippen LogP contribution in [0.1, 0.15) is 31.3 Å². The fourth-order valence-corrected chi connectivity index (χ4v) is 2.61.